The minimum atomic E-state index is 0.228. The van der Waals surface area contributed by atoms with Crippen molar-refractivity contribution < 1.29 is 4.79 Å². The van der Waals surface area contributed by atoms with Gasteiger partial charge in [-0.2, -0.15) is 0 Å². The minimum Gasteiger partial charge on any atom is -0.298 e. The first-order chi connectivity index (χ1) is 5.77. The Bertz CT molecular complexity index is 248. The summed E-state index contributed by atoms with van der Waals surface area (Å²) >= 11 is 0. The highest BCUT2D eigenvalue weighted by Crippen LogP contribution is 2.17. The lowest BCUT2D eigenvalue weighted by Crippen LogP contribution is -1.91. The zero-order chi connectivity index (χ0) is 8.97. The van der Waals surface area contributed by atoms with Crippen molar-refractivity contribution in [2.24, 2.45) is 0 Å². The van der Waals surface area contributed by atoms with Crippen LogP contribution in [0.15, 0.2) is 24.3 Å². The summed E-state index contributed by atoms with van der Waals surface area (Å²) in [6.45, 7) is 7.70. The fourth-order valence-corrected chi connectivity index (χ4v) is 1.01. The Labute approximate surface area is 73.4 Å². The smallest absolute Gasteiger partial charge is 0.150 e. The standard InChI is InChI=1S/C11H12O/c1-3-9(2)11-6-4-10(8-12)5-7-11/h4-9H,1-3H2. The van der Waals surface area contributed by atoms with Gasteiger partial charge in [0.1, 0.15) is 6.29 Å². The number of aldehydes is 1. The predicted octanol–water partition coefficient (Wildman–Crippen LogP) is 2.64. The van der Waals surface area contributed by atoms with Gasteiger partial charge in [0, 0.05) is 5.56 Å². The van der Waals surface area contributed by atoms with Crippen LogP contribution in [0.1, 0.15) is 28.3 Å². The molecular formula is C11H12O. The largest absolute Gasteiger partial charge is 0.298 e. The molecule has 1 nitrogen and oxygen atoms in total. The number of hydrogen-bond donors (Lipinski definition) is 0. The molecular weight excluding hydrogens is 148 g/mol. The lowest BCUT2D eigenvalue weighted by molar-refractivity contribution is 0.112. The average Bonchev–Trinajstić information content (AvgIpc) is 2.17. The minimum absolute atomic E-state index is 0.228. The lowest BCUT2D eigenvalue weighted by atomic mass is 9.98. The molecule has 12 heavy (non-hydrogen) atoms. The van der Waals surface area contributed by atoms with Crippen molar-refractivity contribution in [1.29, 1.82) is 0 Å². The third kappa shape index (κ3) is 1.94. The Morgan fingerprint density at radius 2 is 1.92 bits per heavy atom. The zero-order valence-electron chi connectivity index (χ0n) is 6.99. The third-order valence-electron chi connectivity index (χ3n) is 1.89. The second-order valence-electron chi connectivity index (χ2n) is 2.77. The summed E-state index contributed by atoms with van der Waals surface area (Å²) in [5.74, 6) is 0.228. The van der Waals surface area contributed by atoms with Gasteiger partial charge in [-0.1, -0.05) is 31.2 Å². The highest BCUT2D eigenvalue weighted by atomic mass is 16.1. The van der Waals surface area contributed by atoms with Gasteiger partial charge < -0.3 is 0 Å². The first-order valence-corrected chi connectivity index (χ1v) is 3.95. The molecule has 0 aromatic heterocycles. The molecule has 0 fully saturated rings. The molecule has 62 valence electrons. The third-order valence-corrected chi connectivity index (χ3v) is 1.89. The van der Waals surface area contributed by atoms with E-state index in [0.29, 0.717) is 5.56 Å². The molecule has 0 heterocycles. The van der Waals surface area contributed by atoms with E-state index in [1.54, 1.807) is 12.1 Å². The predicted molar refractivity (Wildman–Crippen MR) is 49.9 cm³/mol. The van der Waals surface area contributed by atoms with Crippen molar-refractivity contribution in [3.63, 3.8) is 0 Å². The summed E-state index contributed by atoms with van der Waals surface area (Å²) in [6.07, 6.45) is 1.62. The molecule has 0 aliphatic rings. The Balaban J connectivity index is 2.84. The number of benzene rings is 1. The lowest BCUT2D eigenvalue weighted by Gasteiger charge is -2.07. The van der Waals surface area contributed by atoms with E-state index in [0.717, 1.165) is 18.3 Å². The second-order valence-corrected chi connectivity index (χ2v) is 2.77. The van der Waals surface area contributed by atoms with Gasteiger partial charge in [0.2, 0.25) is 0 Å². The van der Waals surface area contributed by atoms with Gasteiger partial charge in [-0.3, -0.25) is 4.79 Å². The van der Waals surface area contributed by atoms with Crippen molar-refractivity contribution in [1.82, 2.24) is 0 Å². The monoisotopic (exact) mass is 160 g/mol. The number of rotatable bonds is 3. The van der Waals surface area contributed by atoms with Crippen LogP contribution in [0.2, 0.25) is 0 Å². The second kappa shape index (κ2) is 4.05. The molecule has 0 saturated heterocycles. The molecule has 0 N–H and O–H groups in total. The molecule has 2 radical (unpaired) electrons. The highest BCUT2D eigenvalue weighted by molar-refractivity contribution is 5.74. The van der Waals surface area contributed by atoms with E-state index >= 15 is 0 Å². The average molecular weight is 160 g/mol. The first-order valence-electron chi connectivity index (χ1n) is 3.95. The van der Waals surface area contributed by atoms with Crippen LogP contribution in [0.5, 0.6) is 0 Å². The maximum Gasteiger partial charge on any atom is 0.150 e. The molecule has 0 aliphatic heterocycles. The van der Waals surface area contributed by atoms with E-state index in [4.69, 9.17) is 0 Å². The molecule has 0 amide bonds. The Morgan fingerprint density at radius 3 is 2.33 bits per heavy atom. The van der Waals surface area contributed by atoms with Gasteiger partial charge in [0.05, 0.1) is 0 Å². The van der Waals surface area contributed by atoms with Crippen molar-refractivity contribution in [2.75, 3.05) is 0 Å². The highest BCUT2D eigenvalue weighted by Gasteiger charge is 2.01. The van der Waals surface area contributed by atoms with Crippen molar-refractivity contribution in [3.8, 4) is 0 Å². The van der Waals surface area contributed by atoms with Gasteiger partial charge in [0.15, 0.2) is 0 Å². The summed E-state index contributed by atoms with van der Waals surface area (Å²) in [5.41, 5.74) is 1.84. The van der Waals surface area contributed by atoms with E-state index in [1.165, 1.54) is 0 Å². The Kier molecular flexibility index (Phi) is 3.03. The van der Waals surface area contributed by atoms with Crippen LogP contribution in [0.25, 0.3) is 0 Å². The summed E-state index contributed by atoms with van der Waals surface area (Å²) in [6, 6.07) is 7.45. The molecule has 1 unspecified atom stereocenters. The van der Waals surface area contributed by atoms with Crippen LogP contribution >= 0.6 is 0 Å². The summed E-state index contributed by atoms with van der Waals surface area (Å²) < 4.78 is 0. The molecule has 1 aromatic rings. The van der Waals surface area contributed by atoms with Crippen LogP contribution < -0.4 is 0 Å². The van der Waals surface area contributed by atoms with Crippen LogP contribution in [-0.4, -0.2) is 6.29 Å². The number of carbonyl (C=O) groups is 1. The zero-order valence-corrected chi connectivity index (χ0v) is 6.99. The summed E-state index contributed by atoms with van der Waals surface area (Å²) in [7, 11) is 0. The van der Waals surface area contributed by atoms with Crippen LogP contribution in [0.3, 0.4) is 0 Å². The van der Waals surface area contributed by atoms with Gasteiger partial charge in [-0.05, 0) is 24.8 Å². The van der Waals surface area contributed by atoms with Crippen molar-refractivity contribution in [2.45, 2.75) is 12.3 Å². The van der Waals surface area contributed by atoms with Crippen LogP contribution in [-0.2, 0) is 0 Å². The normalized spacial score (nSPS) is 12.5. The molecule has 1 atom stereocenters. The number of carbonyl (C=O) groups excluding carboxylic acids is 1. The van der Waals surface area contributed by atoms with Gasteiger partial charge in [-0.15, -0.1) is 0 Å². The molecule has 1 heteroatoms. The van der Waals surface area contributed by atoms with Crippen molar-refractivity contribution in [3.05, 3.63) is 49.2 Å². The Hall–Kier alpha value is -1.11. The van der Waals surface area contributed by atoms with E-state index < -0.39 is 0 Å². The molecule has 1 aromatic carbocycles. The summed E-state index contributed by atoms with van der Waals surface area (Å²) in [4.78, 5) is 10.3. The molecule has 0 aliphatic carbocycles. The molecule has 0 bridgehead atoms. The van der Waals surface area contributed by atoms with E-state index in [-0.39, 0.29) is 5.92 Å². The van der Waals surface area contributed by atoms with E-state index in [1.807, 2.05) is 12.1 Å². The topological polar surface area (TPSA) is 17.1 Å². The van der Waals surface area contributed by atoms with Crippen LogP contribution in [0, 0.1) is 13.8 Å². The molecule has 1 rings (SSSR count). The van der Waals surface area contributed by atoms with E-state index in [2.05, 4.69) is 13.8 Å². The Morgan fingerprint density at radius 1 is 1.33 bits per heavy atom. The first kappa shape index (κ1) is 8.98. The van der Waals surface area contributed by atoms with Gasteiger partial charge >= 0.3 is 0 Å². The fraction of sp³-hybridized carbons (Fsp3) is 0.182. The van der Waals surface area contributed by atoms with E-state index in [9.17, 15) is 4.79 Å². The maximum absolute atomic E-state index is 10.3. The summed E-state index contributed by atoms with van der Waals surface area (Å²) in [5, 5.41) is 0. The van der Waals surface area contributed by atoms with Gasteiger partial charge in [0.25, 0.3) is 0 Å². The number of hydrogen-bond acceptors (Lipinski definition) is 1. The van der Waals surface area contributed by atoms with Gasteiger partial charge in [-0.25, -0.2) is 0 Å². The molecule has 0 spiro atoms. The van der Waals surface area contributed by atoms with Crippen LogP contribution in [0.4, 0.5) is 0 Å². The maximum atomic E-state index is 10.3. The quantitative estimate of drug-likeness (QED) is 0.621. The van der Waals surface area contributed by atoms with Crippen molar-refractivity contribution >= 4 is 6.29 Å². The molecule has 0 saturated carbocycles. The SMILES string of the molecule is [CH2]CC([CH2])c1ccc(C=O)cc1. The fourth-order valence-electron chi connectivity index (χ4n) is 1.01.